The minimum Gasteiger partial charge on any atom is -0.339 e. The molecule has 126 valence electrons. The summed E-state index contributed by atoms with van der Waals surface area (Å²) in [4.78, 5) is 26.0. The third kappa shape index (κ3) is 5.65. The number of carbonyl (C=O) groups is 2. The number of halogens is 1. The molecule has 1 aromatic rings. The first-order valence-electron chi connectivity index (χ1n) is 8.39. The molecule has 1 aliphatic carbocycles. The average molecular weight is 381 g/mol. The Balaban J connectivity index is 1.89. The Morgan fingerprint density at radius 3 is 2.43 bits per heavy atom. The van der Waals surface area contributed by atoms with Gasteiger partial charge >= 0.3 is 0 Å². The SMILES string of the molecule is CC(=O)N(CCC(=O)Nc1ccccc1Br)C1CCCCCC1. The molecule has 23 heavy (non-hydrogen) atoms. The Morgan fingerprint density at radius 2 is 1.83 bits per heavy atom. The number of anilines is 1. The van der Waals surface area contributed by atoms with Crippen molar-refractivity contribution in [1.82, 2.24) is 4.90 Å². The van der Waals surface area contributed by atoms with Crippen molar-refractivity contribution < 1.29 is 9.59 Å². The second-order valence-corrected chi connectivity index (χ2v) is 6.99. The highest BCUT2D eigenvalue weighted by Crippen LogP contribution is 2.23. The molecule has 2 amide bonds. The van der Waals surface area contributed by atoms with Crippen LogP contribution in [0.5, 0.6) is 0 Å². The smallest absolute Gasteiger partial charge is 0.226 e. The summed E-state index contributed by atoms with van der Waals surface area (Å²) in [7, 11) is 0. The Morgan fingerprint density at radius 1 is 1.17 bits per heavy atom. The number of nitrogens with one attached hydrogen (secondary N) is 1. The van der Waals surface area contributed by atoms with Crippen LogP contribution < -0.4 is 5.32 Å². The number of hydrogen-bond donors (Lipinski definition) is 1. The van der Waals surface area contributed by atoms with Crippen LogP contribution in [0.25, 0.3) is 0 Å². The van der Waals surface area contributed by atoms with Crippen molar-refractivity contribution in [1.29, 1.82) is 0 Å². The van der Waals surface area contributed by atoms with Crippen molar-refractivity contribution in [3.8, 4) is 0 Å². The predicted octanol–water partition coefficient (Wildman–Crippen LogP) is 4.35. The van der Waals surface area contributed by atoms with Crippen LogP contribution in [0.2, 0.25) is 0 Å². The summed E-state index contributed by atoms with van der Waals surface area (Å²) in [5.41, 5.74) is 0.765. The van der Waals surface area contributed by atoms with Crippen LogP contribution in [0, 0.1) is 0 Å². The van der Waals surface area contributed by atoms with Crippen LogP contribution in [0.15, 0.2) is 28.7 Å². The van der Waals surface area contributed by atoms with Crippen molar-refractivity contribution in [2.24, 2.45) is 0 Å². The van der Waals surface area contributed by atoms with Crippen molar-refractivity contribution >= 4 is 33.4 Å². The quantitative estimate of drug-likeness (QED) is 0.771. The van der Waals surface area contributed by atoms with Gasteiger partial charge in [0.2, 0.25) is 11.8 Å². The molecule has 1 N–H and O–H groups in total. The van der Waals surface area contributed by atoms with E-state index in [0.29, 0.717) is 19.0 Å². The molecule has 0 spiro atoms. The molecule has 0 aromatic heterocycles. The lowest BCUT2D eigenvalue weighted by Crippen LogP contribution is -2.40. The van der Waals surface area contributed by atoms with Gasteiger partial charge in [-0.05, 0) is 40.9 Å². The molecule has 0 radical (unpaired) electrons. The molecule has 0 atom stereocenters. The van der Waals surface area contributed by atoms with Gasteiger partial charge in [0.25, 0.3) is 0 Å². The lowest BCUT2D eigenvalue weighted by Gasteiger charge is -2.30. The summed E-state index contributed by atoms with van der Waals surface area (Å²) in [5, 5.41) is 2.90. The minimum atomic E-state index is -0.0585. The van der Waals surface area contributed by atoms with Gasteiger partial charge in [-0.25, -0.2) is 0 Å². The van der Waals surface area contributed by atoms with Crippen LogP contribution in [0.3, 0.4) is 0 Å². The van der Waals surface area contributed by atoms with Gasteiger partial charge in [-0.1, -0.05) is 37.8 Å². The fourth-order valence-corrected chi connectivity index (χ4v) is 3.55. The molecule has 0 bridgehead atoms. The molecule has 0 saturated heterocycles. The Kier molecular flexibility index (Phi) is 7.09. The lowest BCUT2D eigenvalue weighted by molar-refractivity contribution is -0.131. The van der Waals surface area contributed by atoms with Gasteiger partial charge in [0.1, 0.15) is 0 Å². The summed E-state index contributed by atoms with van der Waals surface area (Å²) >= 11 is 3.42. The van der Waals surface area contributed by atoms with Gasteiger partial charge in [-0.3, -0.25) is 9.59 Å². The standard InChI is InChI=1S/C18H25BrN2O2/c1-14(22)21(15-8-4-2-3-5-9-15)13-12-18(23)20-17-11-7-6-10-16(17)19/h6-7,10-11,15H,2-5,8-9,12-13H2,1H3,(H,20,23). The highest BCUT2D eigenvalue weighted by atomic mass is 79.9. The van der Waals surface area contributed by atoms with Crippen molar-refractivity contribution in [2.45, 2.75) is 57.9 Å². The molecule has 4 nitrogen and oxygen atoms in total. The van der Waals surface area contributed by atoms with E-state index in [1.54, 1.807) is 6.92 Å². The van der Waals surface area contributed by atoms with Crippen LogP contribution in [0.1, 0.15) is 51.9 Å². The Hall–Kier alpha value is -1.36. The predicted molar refractivity (Wildman–Crippen MR) is 96.3 cm³/mol. The topological polar surface area (TPSA) is 49.4 Å². The van der Waals surface area contributed by atoms with E-state index in [1.807, 2.05) is 29.2 Å². The van der Waals surface area contributed by atoms with Gasteiger partial charge in [-0.2, -0.15) is 0 Å². The zero-order valence-corrected chi connectivity index (χ0v) is 15.3. The number of hydrogen-bond acceptors (Lipinski definition) is 2. The molecule has 0 heterocycles. The van der Waals surface area contributed by atoms with Gasteiger partial charge in [0, 0.05) is 30.4 Å². The van der Waals surface area contributed by atoms with Gasteiger partial charge < -0.3 is 10.2 Å². The van der Waals surface area contributed by atoms with E-state index < -0.39 is 0 Å². The van der Waals surface area contributed by atoms with E-state index in [9.17, 15) is 9.59 Å². The fraction of sp³-hybridized carbons (Fsp3) is 0.556. The molecule has 1 aliphatic rings. The molecule has 1 saturated carbocycles. The summed E-state index contributed by atoms with van der Waals surface area (Å²) in [6.45, 7) is 2.10. The first kappa shape index (κ1) is 18.0. The summed E-state index contributed by atoms with van der Waals surface area (Å²) in [6.07, 6.45) is 7.32. The van der Waals surface area contributed by atoms with Gasteiger partial charge in [0.15, 0.2) is 0 Å². The number of nitrogens with zero attached hydrogens (tertiary/aromatic N) is 1. The Bertz CT molecular complexity index is 540. The van der Waals surface area contributed by atoms with Crippen LogP contribution >= 0.6 is 15.9 Å². The second kappa shape index (κ2) is 9.06. The lowest BCUT2D eigenvalue weighted by atomic mass is 10.1. The van der Waals surface area contributed by atoms with Crippen LogP contribution in [-0.4, -0.2) is 29.3 Å². The monoisotopic (exact) mass is 380 g/mol. The molecule has 0 unspecified atom stereocenters. The minimum absolute atomic E-state index is 0.0585. The summed E-state index contributed by atoms with van der Waals surface area (Å²) in [6, 6.07) is 7.84. The molecule has 2 rings (SSSR count). The highest BCUT2D eigenvalue weighted by molar-refractivity contribution is 9.10. The number of para-hydroxylation sites is 1. The zero-order valence-electron chi connectivity index (χ0n) is 13.7. The molecule has 0 aliphatic heterocycles. The summed E-state index contributed by atoms with van der Waals surface area (Å²) in [5.74, 6) is 0.0161. The fourth-order valence-electron chi connectivity index (χ4n) is 3.16. The third-order valence-corrected chi connectivity index (χ3v) is 5.09. The largest absolute Gasteiger partial charge is 0.339 e. The second-order valence-electron chi connectivity index (χ2n) is 6.14. The van der Waals surface area contributed by atoms with E-state index in [2.05, 4.69) is 21.2 Å². The van der Waals surface area contributed by atoms with Crippen LogP contribution in [-0.2, 0) is 9.59 Å². The normalized spacial score (nSPS) is 15.7. The zero-order chi connectivity index (χ0) is 16.7. The van der Waals surface area contributed by atoms with E-state index >= 15 is 0 Å². The molecular formula is C18H25BrN2O2. The van der Waals surface area contributed by atoms with Gasteiger partial charge in [0.05, 0.1) is 5.69 Å². The average Bonchev–Trinajstić information content (AvgIpc) is 2.79. The molecule has 1 fully saturated rings. The maximum absolute atomic E-state index is 12.2. The van der Waals surface area contributed by atoms with E-state index in [0.717, 1.165) is 23.0 Å². The van der Waals surface area contributed by atoms with Crippen LogP contribution in [0.4, 0.5) is 5.69 Å². The number of amides is 2. The van der Waals surface area contributed by atoms with Crippen molar-refractivity contribution in [3.63, 3.8) is 0 Å². The highest BCUT2D eigenvalue weighted by Gasteiger charge is 2.22. The van der Waals surface area contributed by atoms with E-state index in [4.69, 9.17) is 0 Å². The first-order valence-corrected chi connectivity index (χ1v) is 9.19. The van der Waals surface area contributed by atoms with Gasteiger partial charge in [-0.15, -0.1) is 0 Å². The number of rotatable bonds is 5. The van der Waals surface area contributed by atoms with E-state index in [-0.39, 0.29) is 11.8 Å². The maximum atomic E-state index is 12.2. The summed E-state index contributed by atoms with van der Waals surface area (Å²) < 4.78 is 0.862. The molecule has 5 heteroatoms. The van der Waals surface area contributed by atoms with Crippen molar-refractivity contribution in [2.75, 3.05) is 11.9 Å². The molecule has 1 aromatic carbocycles. The maximum Gasteiger partial charge on any atom is 0.226 e. The number of carbonyl (C=O) groups excluding carboxylic acids is 2. The van der Waals surface area contributed by atoms with Crippen molar-refractivity contribution in [3.05, 3.63) is 28.7 Å². The third-order valence-electron chi connectivity index (χ3n) is 4.40. The Labute approximate surface area is 146 Å². The molecular weight excluding hydrogens is 356 g/mol. The first-order chi connectivity index (χ1) is 11.1. The number of benzene rings is 1. The van der Waals surface area contributed by atoms with E-state index in [1.165, 1.54) is 25.7 Å².